The normalized spacial score (nSPS) is 13.4. The van der Waals surface area contributed by atoms with Gasteiger partial charge in [0.2, 0.25) is 0 Å². The molecule has 2 aromatic heterocycles. The van der Waals surface area contributed by atoms with Crippen molar-refractivity contribution in [3.8, 4) is 5.75 Å². The van der Waals surface area contributed by atoms with Gasteiger partial charge in [0.15, 0.2) is 11.5 Å². The number of hydrogen-bond acceptors (Lipinski definition) is 4. The van der Waals surface area contributed by atoms with E-state index in [2.05, 4.69) is 15.5 Å². The number of benzene rings is 1. The van der Waals surface area contributed by atoms with Crippen molar-refractivity contribution in [1.82, 2.24) is 10.2 Å². The van der Waals surface area contributed by atoms with E-state index in [0.717, 1.165) is 19.3 Å². The number of aromatic amines is 1. The highest BCUT2D eigenvalue weighted by Crippen LogP contribution is 2.35. The van der Waals surface area contributed by atoms with E-state index in [4.69, 9.17) is 9.15 Å². The molecule has 0 fully saturated rings. The van der Waals surface area contributed by atoms with Crippen LogP contribution in [-0.4, -0.2) is 16.1 Å². The third kappa shape index (κ3) is 3.98. The summed E-state index contributed by atoms with van der Waals surface area (Å²) in [5.74, 6) is 0.169. The van der Waals surface area contributed by atoms with E-state index in [-0.39, 0.29) is 18.1 Å². The van der Waals surface area contributed by atoms with E-state index >= 15 is 0 Å². The maximum absolute atomic E-state index is 13.0. The molecular weight excluding hydrogens is 387 g/mol. The van der Waals surface area contributed by atoms with Crippen molar-refractivity contribution in [2.75, 3.05) is 5.32 Å². The van der Waals surface area contributed by atoms with Crippen LogP contribution < -0.4 is 10.1 Å². The number of amides is 1. The summed E-state index contributed by atoms with van der Waals surface area (Å²) in [6.45, 7) is 1.49. The zero-order valence-electron chi connectivity index (χ0n) is 15.5. The molecular formula is C20H18F3N3O3. The van der Waals surface area contributed by atoms with Gasteiger partial charge in [0.05, 0.1) is 11.4 Å². The summed E-state index contributed by atoms with van der Waals surface area (Å²) in [6, 6.07) is 8.87. The van der Waals surface area contributed by atoms with Crippen LogP contribution in [0.1, 0.15) is 45.3 Å². The molecule has 29 heavy (non-hydrogen) atoms. The highest BCUT2D eigenvalue weighted by molar-refractivity contribution is 6.03. The molecule has 4 rings (SSSR count). The van der Waals surface area contributed by atoms with Crippen LogP contribution in [0.5, 0.6) is 5.75 Å². The first-order chi connectivity index (χ1) is 13.8. The summed E-state index contributed by atoms with van der Waals surface area (Å²) in [5, 5.41) is 7.65. The van der Waals surface area contributed by atoms with Gasteiger partial charge in [-0.3, -0.25) is 9.89 Å². The number of halogens is 3. The summed E-state index contributed by atoms with van der Waals surface area (Å²) in [5.41, 5.74) is 1.10. The van der Waals surface area contributed by atoms with Crippen molar-refractivity contribution in [3.63, 3.8) is 0 Å². The standard InChI is InChI=1S/C20H18F3N3O3/c1-11-17(18(26-25-11)20(21,22)23)24-19(27)16-8-7-15(29-16)10-28-14-6-5-12-3-2-4-13(12)9-14/h5-9H,2-4,10H2,1H3,(H,24,27)(H,25,26). The number of rotatable bonds is 5. The number of aromatic nitrogens is 2. The number of alkyl halides is 3. The Bertz CT molecular complexity index is 1050. The zero-order valence-corrected chi connectivity index (χ0v) is 15.5. The lowest BCUT2D eigenvalue weighted by atomic mass is 10.1. The van der Waals surface area contributed by atoms with Crippen molar-refractivity contribution < 1.29 is 27.1 Å². The minimum Gasteiger partial charge on any atom is -0.486 e. The molecule has 1 aliphatic carbocycles. The molecule has 2 heterocycles. The van der Waals surface area contributed by atoms with Gasteiger partial charge in [-0.05, 0) is 61.6 Å². The van der Waals surface area contributed by atoms with Crippen LogP contribution in [0.4, 0.5) is 18.9 Å². The lowest BCUT2D eigenvalue weighted by Gasteiger charge is -2.08. The lowest BCUT2D eigenvalue weighted by molar-refractivity contribution is -0.140. The summed E-state index contributed by atoms with van der Waals surface area (Å²) < 4.78 is 50.1. The van der Waals surface area contributed by atoms with Gasteiger partial charge in [-0.2, -0.15) is 18.3 Å². The van der Waals surface area contributed by atoms with Gasteiger partial charge in [-0.1, -0.05) is 6.07 Å². The molecule has 6 nitrogen and oxygen atoms in total. The number of anilines is 1. The molecule has 1 aromatic carbocycles. The number of hydrogen-bond donors (Lipinski definition) is 2. The molecule has 0 radical (unpaired) electrons. The van der Waals surface area contributed by atoms with Crippen LogP contribution in [0.25, 0.3) is 0 Å². The molecule has 0 unspecified atom stereocenters. The van der Waals surface area contributed by atoms with Crippen LogP contribution >= 0.6 is 0 Å². The number of ether oxygens (including phenoxy) is 1. The summed E-state index contributed by atoms with van der Waals surface area (Å²) in [6.07, 6.45) is -1.43. The van der Waals surface area contributed by atoms with E-state index < -0.39 is 23.5 Å². The summed E-state index contributed by atoms with van der Waals surface area (Å²) >= 11 is 0. The van der Waals surface area contributed by atoms with Gasteiger partial charge in [0.25, 0.3) is 5.91 Å². The first-order valence-corrected chi connectivity index (χ1v) is 9.08. The summed E-state index contributed by atoms with van der Waals surface area (Å²) in [4.78, 5) is 12.3. The third-order valence-electron chi connectivity index (χ3n) is 4.79. The Labute approximate surface area is 164 Å². The van der Waals surface area contributed by atoms with Crippen LogP contribution in [0, 0.1) is 6.92 Å². The molecule has 1 aliphatic rings. The highest BCUT2D eigenvalue weighted by Gasteiger charge is 2.38. The monoisotopic (exact) mass is 405 g/mol. The number of carbonyl (C=O) groups excluding carboxylic acids is 1. The molecule has 0 spiro atoms. The second-order valence-electron chi connectivity index (χ2n) is 6.86. The number of aryl methyl sites for hydroxylation is 3. The van der Waals surface area contributed by atoms with Crippen molar-refractivity contribution in [1.29, 1.82) is 0 Å². The van der Waals surface area contributed by atoms with Gasteiger partial charge in [0.1, 0.15) is 18.1 Å². The fraction of sp³-hybridized carbons (Fsp3) is 0.300. The molecule has 0 atom stereocenters. The minimum atomic E-state index is -4.69. The number of carbonyl (C=O) groups is 1. The van der Waals surface area contributed by atoms with E-state index in [1.165, 1.54) is 24.1 Å². The van der Waals surface area contributed by atoms with Gasteiger partial charge >= 0.3 is 6.18 Å². The Morgan fingerprint density at radius 2 is 2.03 bits per heavy atom. The minimum absolute atomic E-state index is 0.0948. The number of fused-ring (bicyclic) bond motifs is 1. The third-order valence-corrected chi connectivity index (χ3v) is 4.79. The van der Waals surface area contributed by atoms with Crippen LogP contribution in [0.3, 0.4) is 0 Å². The Morgan fingerprint density at radius 3 is 2.83 bits per heavy atom. The first kappa shape index (κ1) is 19.1. The van der Waals surface area contributed by atoms with Gasteiger partial charge in [0, 0.05) is 0 Å². The lowest BCUT2D eigenvalue weighted by Crippen LogP contribution is -2.16. The highest BCUT2D eigenvalue weighted by atomic mass is 19.4. The van der Waals surface area contributed by atoms with Crippen molar-refractivity contribution in [2.24, 2.45) is 0 Å². The Kier molecular flexibility index (Phi) is 4.81. The first-order valence-electron chi connectivity index (χ1n) is 9.08. The quantitative estimate of drug-likeness (QED) is 0.648. The molecule has 0 saturated carbocycles. The SMILES string of the molecule is Cc1[nH]nc(C(F)(F)F)c1NC(=O)c1ccc(COc2ccc3c(c2)CCC3)o1. The Hall–Kier alpha value is -3.23. The van der Waals surface area contributed by atoms with E-state index in [9.17, 15) is 18.0 Å². The smallest absolute Gasteiger partial charge is 0.437 e. The van der Waals surface area contributed by atoms with Crippen molar-refractivity contribution in [3.05, 3.63) is 64.4 Å². The van der Waals surface area contributed by atoms with E-state index in [1.54, 1.807) is 6.07 Å². The topological polar surface area (TPSA) is 80.2 Å². The van der Waals surface area contributed by atoms with Crippen LogP contribution in [0.15, 0.2) is 34.7 Å². The van der Waals surface area contributed by atoms with Crippen molar-refractivity contribution in [2.45, 2.75) is 39.0 Å². The number of furan rings is 1. The van der Waals surface area contributed by atoms with Gasteiger partial charge < -0.3 is 14.5 Å². The molecule has 2 N–H and O–H groups in total. The average Bonchev–Trinajstić information content (AvgIpc) is 3.39. The van der Waals surface area contributed by atoms with E-state index in [0.29, 0.717) is 11.5 Å². The number of nitrogens with one attached hydrogen (secondary N) is 2. The molecule has 9 heteroatoms. The molecule has 3 aromatic rings. The Balaban J connectivity index is 1.41. The molecule has 0 aliphatic heterocycles. The molecule has 1 amide bonds. The molecule has 0 bridgehead atoms. The predicted molar refractivity (Wildman–Crippen MR) is 97.8 cm³/mol. The summed E-state index contributed by atoms with van der Waals surface area (Å²) in [7, 11) is 0. The van der Waals surface area contributed by atoms with Crippen LogP contribution in [-0.2, 0) is 25.6 Å². The van der Waals surface area contributed by atoms with Crippen LogP contribution in [0.2, 0.25) is 0 Å². The average molecular weight is 405 g/mol. The zero-order chi connectivity index (χ0) is 20.6. The number of nitrogens with zero attached hydrogens (tertiary/aromatic N) is 1. The second-order valence-corrected chi connectivity index (χ2v) is 6.86. The second kappa shape index (κ2) is 7.31. The van der Waals surface area contributed by atoms with E-state index in [1.807, 2.05) is 18.2 Å². The predicted octanol–water partition coefficient (Wildman–Crippen LogP) is 4.65. The van der Waals surface area contributed by atoms with Gasteiger partial charge in [-0.15, -0.1) is 0 Å². The van der Waals surface area contributed by atoms with Crippen molar-refractivity contribution >= 4 is 11.6 Å². The largest absolute Gasteiger partial charge is 0.486 e. The fourth-order valence-electron chi connectivity index (χ4n) is 3.33. The van der Waals surface area contributed by atoms with Gasteiger partial charge in [-0.25, -0.2) is 0 Å². The maximum Gasteiger partial charge on any atom is 0.437 e. The Morgan fingerprint density at radius 1 is 1.24 bits per heavy atom. The maximum atomic E-state index is 13.0. The fourth-order valence-corrected chi connectivity index (χ4v) is 3.33. The molecule has 0 saturated heterocycles. The number of H-pyrrole nitrogens is 1. The molecule has 152 valence electrons.